The maximum atomic E-state index is 11.4. The molecular weight excluding hydrogens is 236 g/mol. The van der Waals surface area contributed by atoms with Crippen molar-refractivity contribution in [3.05, 3.63) is 24.3 Å². The van der Waals surface area contributed by atoms with E-state index >= 15 is 0 Å². The molecule has 0 aliphatic heterocycles. The number of hydrogen-bond acceptors (Lipinski definition) is 5. The summed E-state index contributed by atoms with van der Waals surface area (Å²) in [6.45, 7) is 0.187. The van der Waals surface area contributed by atoms with Crippen LogP contribution in [0.15, 0.2) is 24.3 Å². The van der Waals surface area contributed by atoms with Gasteiger partial charge >= 0.3 is 0 Å². The molecule has 0 radical (unpaired) electrons. The Hall–Kier alpha value is -1.79. The summed E-state index contributed by atoms with van der Waals surface area (Å²) in [5, 5.41) is 11.8. The summed E-state index contributed by atoms with van der Waals surface area (Å²) >= 11 is 0. The van der Waals surface area contributed by atoms with Crippen molar-refractivity contribution in [3.8, 4) is 5.75 Å². The maximum absolute atomic E-state index is 11.4. The van der Waals surface area contributed by atoms with Crippen molar-refractivity contribution in [2.24, 2.45) is 0 Å². The summed E-state index contributed by atoms with van der Waals surface area (Å²) < 4.78 is 9.97. The fourth-order valence-corrected chi connectivity index (χ4v) is 1.29. The third kappa shape index (κ3) is 5.51. The minimum atomic E-state index is -0.716. The van der Waals surface area contributed by atoms with E-state index in [1.165, 1.54) is 7.11 Å². The van der Waals surface area contributed by atoms with Gasteiger partial charge in [0.15, 0.2) is 6.61 Å². The van der Waals surface area contributed by atoms with Gasteiger partial charge in [0.25, 0.3) is 5.91 Å². The normalized spacial score (nSPS) is 11.9. The molecule has 4 N–H and O–H groups in total. The molecule has 0 saturated heterocycles. The molecule has 1 aromatic rings. The Morgan fingerprint density at radius 1 is 1.56 bits per heavy atom. The Kier molecular flexibility index (Phi) is 5.96. The van der Waals surface area contributed by atoms with Gasteiger partial charge in [-0.2, -0.15) is 0 Å². The summed E-state index contributed by atoms with van der Waals surface area (Å²) in [7, 11) is 1.48. The summed E-state index contributed by atoms with van der Waals surface area (Å²) in [4.78, 5) is 11.4. The van der Waals surface area contributed by atoms with Crippen LogP contribution in [-0.4, -0.2) is 44.0 Å². The predicted octanol–water partition coefficient (Wildman–Crippen LogP) is -0.229. The third-order valence-corrected chi connectivity index (χ3v) is 2.12. The molecule has 0 saturated carbocycles. The summed E-state index contributed by atoms with van der Waals surface area (Å²) in [5.74, 6) is 0.218. The first-order chi connectivity index (χ1) is 8.61. The number of rotatable bonds is 7. The average molecular weight is 254 g/mol. The lowest BCUT2D eigenvalue weighted by molar-refractivity contribution is -0.123. The first-order valence-corrected chi connectivity index (χ1v) is 5.54. The number of ether oxygens (including phenoxy) is 2. The molecule has 0 aliphatic carbocycles. The number of nitrogens with one attached hydrogen (secondary N) is 1. The lowest BCUT2D eigenvalue weighted by Crippen LogP contribution is -2.36. The van der Waals surface area contributed by atoms with Crippen LogP contribution in [0, 0.1) is 0 Å². The van der Waals surface area contributed by atoms with Crippen molar-refractivity contribution in [1.82, 2.24) is 5.32 Å². The van der Waals surface area contributed by atoms with Crippen LogP contribution in [0.4, 0.5) is 5.69 Å². The van der Waals surface area contributed by atoms with Gasteiger partial charge in [0.2, 0.25) is 0 Å². The van der Waals surface area contributed by atoms with Crippen molar-refractivity contribution in [3.63, 3.8) is 0 Å². The maximum Gasteiger partial charge on any atom is 0.258 e. The molecule has 0 aromatic heterocycles. The van der Waals surface area contributed by atoms with E-state index in [2.05, 4.69) is 5.32 Å². The minimum Gasteiger partial charge on any atom is -0.484 e. The van der Waals surface area contributed by atoms with E-state index in [1.807, 2.05) is 0 Å². The van der Waals surface area contributed by atoms with E-state index in [4.69, 9.17) is 15.2 Å². The van der Waals surface area contributed by atoms with E-state index in [0.717, 1.165) is 0 Å². The second-order valence-electron chi connectivity index (χ2n) is 3.77. The molecule has 0 heterocycles. The first kappa shape index (κ1) is 14.3. The number of carbonyl (C=O) groups excluding carboxylic acids is 1. The van der Waals surface area contributed by atoms with E-state index in [-0.39, 0.29) is 25.7 Å². The number of carbonyl (C=O) groups is 1. The fraction of sp³-hybridized carbons (Fsp3) is 0.417. The van der Waals surface area contributed by atoms with E-state index in [9.17, 15) is 9.90 Å². The van der Waals surface area contributed by atoms with E-state index < -0.39 is 6.10 Å². The number of nitrogen functional groups attached to an aromatic ring is 1. The zero-order chi connectivity index (χ0) is 13.4. The molecule has 1 rings (SSSR count). The van der Waals surface area contributed by atoms with Gasteiger partial charge in [-0.05, 0) is 12.1 Å². The van der Waals surface area contributed by atoms with Crippen LogP contribution in [0.25, 0.3) is 0 Å². The summed E-state index contributed by atoms with van der Waals surface area (Å²) in [5.41, 5.74) is 6.14. The molecule has 1 atom stereocenters. The van der Waals surface area contributed by atoms with Gasteiger partial charge in [0.1, 0.15) is 5.75 Å². The van der Waals surface area contributed by atoms with Crippen LogP contribution in [0.1, 0.15) is 0 Å². The lowest BCUT2D eigenvalue weighted by atomic mass is 10.3. The van der Waals surface area contributed by atoms with Crippen LogP contribution < -0.4 is 15.8 Å². The molecule has 0 aliphatic rings. The largest absolute Gasteiger partial charge is 0.484 e. The fourth-order valence-electron chi connectivity index (χ4n) is 1.29. The highest BCUT2D eigenvalue weighted by molar-refractivity contribution is 5.77. The van der Waals surface area contributed by atoms with Gasteiger partial charge in [0, 0.05) is 25.4 Å². The van der Waals surface area contributed by atoms with Gasteiger partial charge in [-0.15, -0.1) is 0 Å². The van der Waals surface area contributed by atoms with Gasteiger partial charge in [0.05, 0.1) is 12.7 Å². The molecule has 18 heavy (non-hydrogen) atoms. The summed E-state index contributed by atoms with van der Waals surface area (Å²) in [6, 6.07) is 6.81. The molecule has 6 heteroatoms. The van der Waals surface area contributed by atoms with Crippen molar-refractivity contribution < 1.29 is 19.4 Å². The van der Waals surface area contributed by atoms with Crippen molar-refractivity contribution >= 4 is 11.6 Å². The van der Waals surface area contributed by atoms with Crippen molar-refractivity contribution in [2.75, 3.05) is 32.6 Å². The van der Waals surface area contributed by atoms with Gasteiger partial charge in [-0.3, -0.25) is 4.79 Å². The van der Waals surface area contributed by atoms with Crippen molar-refractivity contribution in [1.29, 1.82) is 0 Å². The Bertz CT molecular complexity index is 384. The second-order valence-corrected chi connectivity index (χ2v) is 3.77. The SMILES string of the molecule is COCC(O)CNC(=O)COc1cccc(N)c1. The number of nitrogens with two attached hydrogens (primary N) is 1. The van der Waals surface area contributed by atoms with Crippen LogP contribution in [0.2, 0.25) is 0 Å². The number of methoxy groups -OCH3 is 1. The minimum absolute atomic E-state index is 0.122. The molecule has 1 unspecified atom stereocenters. The first-order valence-electron chi connectivity index (χ1n) is 5.54. The topological polar surface area (TPSA) is 93.8 Å². The number of aliphatic hydroxyl groups excluding tert-OH is 1. The van der Waals surface area contributed by atoms with Crippen LogP contribution in [0.5, 0.6) is 5.75 Å². The number of aliphatic hydroxyl groups is 1. The number of benzene rings is 1. The quantitative estimate of drug-likeness (QED) is 0.584. The van der Waals surface area contributed by atoms with Crippen LogP contribution in [0.3, 0.4) is 0 Å². The molecule has 0 spiro atoms. The smallest absolute Gasteiger partial charge is 0.258 e. The second kappa shape index (κ2) is 7.52. The zero-order valence-electron chi connectivity index (χ0n) is 10.3. The molecule has 0 fully saturated rings. The van der Waals surface area contributed by atoms with Gasteiger partial charge in [-0.1, -0.05) is 6.07 Å². The highest BCUT2D eigenvalue weighted by Gasteiger charge is 2.07. The Morgan fingerprint density at radius 2 is 2.33 bits per heavy atom. The van der Waals surface area contributed by atoms with Crippen molar-refractivity contribution in [2.45, 2.75) is 6.10 Å². The monoisotopic (exact) mass is 254 g/mol. The molecular formula is C12H18N2O4. The van der Waals surface area contributed by atoms with Crippen LogP contribution >= 0.6 is 0 Å². The predicted molar refractivity (Wildman–Crippen MR) is 67.2 cm³/mol. The Morgan fingerprint density at radius 3 is 3.00 bits per heavy atom. The highest BCUT2D eigenvalue weighted by Crippen LogP contribution is 2.13. The Labute approximate surface area is 106 Å². The van der Waals surface area contributed by atoms with Gasteiger partial charge < -0.3 is 25.6 Å². The highest BCUT2D eigenvalue weighted by atomic mass is 16.5. The van der Waals surface area contributed by atoms with Gasteiger partial charge in [-0.25, -0.2) is 0 Å². The molecule has 1 amide bonds. The Balaban J connectivity index is 2.25. The lowest BCUT2D eigenvalue weighted by Gasteiger charge is -2.11. The molecule has 6 nitrogen and oxygen atoms in total. The van der Waals surface area contributed by atoms with E-state index in [1.54, 1.807) is 24.3 Å². The molecule has 0 bridgehead atoms. The van der Waals surface area contributed by atoms with Crippen LogP contribution in [-0.2, 0) is 9.53 Å². The molecule has 100 valence electrons. The number of hydrogen-bond donors (Lipinski definition) is 3. The third-order valence-electron chi connectivity index (χ3n) is 2.12. The number of anilines is 1. The molecule has 1 aromatic carbocycles. The van der Waals surface area contributed by atoms with E-state index in [0.29, 0.717) is 11.4 Å². The average Bonchev–Trinajstić information content (AvgIpc) is 2.34. The standard InChI is InChI=1S/C12H18N2O4/c1-17-7-10(15)6-14-12(16)8-18-11-4-2-3-9(13)5-11/h2-5,10,15H,6-8,13H2,1H3,(H,14,16). The number of amides is 1. The zero-order valence-corrected chi connectivity index (χ0v) is 10.3. The summed E-state index contributed by atoms with van der Waals surface area (Å²) in [6.07, 6.45) is -0.716.